The molecule has 1 aromatic rings. The fourth-order valence-corrected chi connectivity index (χ4v) is 1.44. The van der Waals surface area contributed by atoms with E-state index >= 15 is 0 Å². The number of nitrogens with one attached hydrogen (secondary N) is 1. The molecule has 19 heavy (non-hydrogen) atoms. The summed E-state index contributed by atoms with van der Waals surface area (Å²) >= 11 is 0. The van der Waals surface area contributed by atoms with Crippen molar-refractivity contribution in [3.05, 3.63) is 11.9 Å². The Balaban J connectivity index is 2.59. The highest BCUT2D eigenvalue weighted by molar-refractivity contribution is 5.80. The average molecular weight is 268 g/mol. The van der Waals surface area contributed by atoms with Gasteiger partial charge in [0.15, 0.2) is 0 Å². The first-order valence-corrected chi connectivity index (χ1v) is 6.37. The maximum absolute atomic E-state index is 11.9. The minimum atomic E-state index is -0.878. The number of carboxylic acids is 1. The van der Waals surface area contributed by atoms with Crippen molar-refractivity contribution in [1.29, 1.82) is 0 Å². The van der Waals surface area contributed by atoms with Gasteiger partial charge in [0.05, 0.1) is 12.1 Å². The van der Waals surface area contributed by atoms with Crippen LogP contribution in [0.25, 0.3) is 0 Å². The Bertz CT molecular complexity index is 444. The van der Waals surface area contributed by atoms with E-state index in [4.69, 9.17) is 5.11 Å². The van der Waals surface area contributed by atoms with Crippen LogP contribution in [0, 0.1) is 0 Å². The Hall–Kier alpha value is -1.92. The van der Waals surface area contributed by atoms with Crippen molar-refractivity contribution in [2.45, 2.75) is 52.1 Å². The number of aryl methyl sites for hydroxylation is 1. The third kappa shape index (κ3) is 4.69. The zero-order valence-electron chi connectivity index (χ0n) is 11.5. The number of rotatable bonds is 7. The first-order valence-electron chi connectivity index (χ1n) is 6.37. The Morgan fingerprint density at radius 3 is 2.74 bits per heavy atom. The second-order valence-electron chi connectivity index (χ2n) is 4.58. The molecule has 7 heteroatoms. The van der Waals surface area contributed by atoms with Crippen LogP contribution in [-0.4, -0.2) is 38.0 Å². The van der Waals surface area contributed by atoms with Crippen LogP contribution in [0.5, 0.6) is 0 Å². The standard InChI is InChI=1S/C12H20N4O3/c1-4-8(2)13-12(19)9(3)16-7-10(14-15-16)5-6-11(17)18/h7-9H,4-6H2,1-3H3,(H,13,19)(H,17,18). The number of aromatic nitrogens is 3. The summed E-state index contributed by atoms with van der Waals surface area (Å²) in [6.07, 6.45) is 2.80. The highest BCUT2D eigenvalue weighted by Crippen LogP contribution is 2.07. The van der Waals surface area contributed by atoms with E-state index in [1.165, 1.54) is 4.68 Å². The van der Waals surface area contributed by atoms with Crippen molar-refractivity contribution in [3.63, 3.8) is 0 Å². The molecule has 0 aliphatic heterocycles. The minimum absolute atomic E-state index is 0.00609. The lowest BCUT2D eigenvalue weighted by molar-refractivity contribution is -0.137. The molecular formula is C12H20N4O3. The van der Waals surface area contributed by atoms with Crippen molar-refractivity contribution < 1.29 is 14.7 Å². The summed E-state index contributed by atoms with van der Waals surface area (Å²) in [7, 11) is 0. The number of carbonyl (C=O) groups excluding carboxylic acids is 1. The lowest BCUT2D eigenvalue weighted by atomic mass is 10.2. The van der Waals surface area contributed by atoms with Gasteiger partial charge in [0, 0.05) is 18.7 Å². The zero-order chi connectivity index (χ0) is 14.4. The summed E-state index contributed by atoms with van der Waals surface area (Å²) in [5.41, 5.74) is 0.575. The van der Waals surface area contributed by atoms with E-state index in [-0.39, 0.29) is 18.4 Å². The molecule has 1 aromatic heterocycles. The molecule has 1 amide bonds. The van der Waals surface area contributed by atoms with E-state index in [0.29, 0.717) is 12.1 Å². The fourth-order valence-electron chi connectivity index (χ4n) is 1.44. The zero-order valence-corrected chi connectivity index (χ0v) is 11.5. The molecule has 1 heterocycles. The summed E-state index contributed by atoms with van der Waals surface area (Å²) in [5, 5.41) is 19.2. The molecule has 0 saturated carbocycles. The molecule has 2 atom stereocenters. The Kier molecular flexibility index (Phi) is 5.47. The molecule has 0 bridgehead atoms. The summed E-state index contributed by atoms with van der Waals surface area (Å²) in [6, 6.07) is -0.343. The molecule has 0 radical (unpaired) electrons. The molecule has 2 N–H and O–H groups in total. The number of aliphatic carboxylic acids is 1. The van der Waals surface area contributed by atoms with Gasteiger partial charge in [-0.25, -0.2) is 4.68 Å². The molecule has 7 nitrogen and oxygen atoms in total. The topological polar surface area (TPSA) is 97.1 Å². The van der Waals surface area contributed by atoms with Gasteiger partial charge in [-0.3, -0.25) is 9.59 Å². The summed E-state index contributed by atoms with van der Waals surface area (Å²) in [5.74, 6) is -0.999. The van der Waals surface area contributed by atoms with Gasteiger partial charge in [-0.15, -0.1) is 5.10 Å². The number of amides is 1. The number of carboxylic acid groups (broad SMARTS) is 1. The van der Waals surface area contributed by atoms with Crippen LogP contribution < -0.4 is 5.32 Å². The molecule has 0 aromatic carbocycles. The van der Waals surface area contributed by atoms with Crippen molar-refractivity contribution in [1.82, 2.24) is 20.3 Å². The molecule has 2 unspecified atom stereocenters. The Labute approximate surface area is 112 Å². The molecule has 0 fully saturated rings. The molecule has 1 rings (SSSR count). The summed E-state index contributed by atoms with van der Waals surface area (Å²) in [4.78, 5) is 22.4. The van der Waals surface area contributed by atoms with Gasteiger partial charge in [0.25, 0.3) is 0 Å². The van der Waals surface area contributed by atoms with Crippen molar-refractivity contribution in [2.75, 3.05) is 0 Å². The molecule has 0 spiro atoms. The van der Waals surface area contributed by atoms with Crippen LogP contribution in [0.4, 0.5) is 0 Å². The Morgan fingerprint density at radius 2 is 2.16 bits per heavy atom. The molecular weight excluding hydrogens is 248 g/mol. The molecule has 0 aliphatic rings. The third-order valence-corrected chi connectivity index (χ3v) is 2.93. The number of hydrogen-bond donors (Lipinski definition) is 2. The van der Waals surface area contributed by atoms with Crippen molar-refractivity contribution >= 4 is 11.9 Å². The van der Waals surface area contributed by atoms with E-state index in [1.807, 2.05) is 13.8 Å². The quantitative estimate of drug-likeness (QED) is 0.761. The monoisotopic (exact) mass is 268 g/mol. The second kappa shape index (κ2) is 6.86. The minimum Gasteiger partial charge on any atom is -0.481 e. The maximum Gasteiger partial charge on any atom is 0.303 e. The molecule has 0 aliphatic carbocycles. The van der Waals surface area contributed by atoms with Crippen LogP contribution in [-0.2, 0) is 16.0 Å². The number of nitrogens with zero attached hydrogens (tertiary/aromatic N) is 3. The van der Waals surface area contributed by atoms with E-state index < -0.39 is 12.0 Å². The van der Waals surface area contributed by atoms with Crippen LogP contribution in [0.3, 0.4) is 0 Å². The lowest BCUT2D eigenvalue weighted by Gasteiger charge is -2.15. The summed E-state index contributed by atoms with van der Waals surface area (Å²) < 4.78 is 1.45. The average Bonchev–Trinajstić information content (AvgIpc) is 2.83. The summed E-state index contributed by atoms with van der Waals surface area (Å²) in [6.45, 7) is 5.66. The Morgan fingerprint density at radius 1 is 1.47 bits per heavy atom. The van der Waals surface area contributed by atoms with E-state index in [2.05, 4.69) is 15.6 Å². The molecule has 0 saturated heterocycles. The highest BCUT2D eigenvalue weighted by Gasteiger charge is 2.18. The van der Waals surface area contributed by atoms with E-state index in [0.717, 1.165) is 6.42 Å². The van der Waals surface area contributed by atoms with Gasteiger partial charge >= 0.3 is 5.97 Å². The normalized spacial score (nSPS) is 13.8. The van der Waals surface area contributed by atoms with Gasteiger partial charge in [-0.05, 0) is 20.3 Å². The maximum atomic E-state index is 11.9. The number of hydrogen-bond acceptors (Lipinski definition) is 4. The van der Waals surface area contributed by atoms with Crippen LogP contribution >= 0.6 is 0 Å². The highest BCUT2D eigenvalue weighted by atomic mass is 16.4. The van der Waals surface area contributed by atoms with Crippen LogP contribution in [0.15, 0.2) is 6.20 Å². The molecule has 106 valence electrons. The fraction of sp³-hybridized carbons (Fsp3) is 0.667. The predicted molar refractivity (Wildman–Crippen MR) is 68.6 cm³/mol. The van der Waals surface area contributed by atoms with Crippen molar-refractivity contribution in [2.24, 2.45) is 0 Å². The van der Waals surface area contributed by atoms with Gasteiger partial charge in [-0.1, -0.05) is 12.1 Å². The van der Waals surface area contributed by atoms with E-state index in [1.54, 1.807) is 13.1 Å². The van der Waals surface area contributed by atoms with E-state index in [9.17, 15) is 9.59 Å². The number of carbonyl (C=O) groups is 2. The van der Waals surface area contributed by atoms with Gasteiger partial charge in [-0.2, -0.15) is 0 Å². The van der Waals surface area contributed by atoms with Crippen molar-refractivity contribution in [3.8, 4) is 0 Å². The second-order valence-corrected chi connectivity index (χ2v) is 4.58. The SMILES string of the molecule is CCC(C)NC(=O)C(C)n1cc(CCC(=O)O)nn1. The first-order chi connectivity index (χ1) is 8.93. The lowest BCUT2D eigenvalue weighted by Crippen LogP contribution is -2.37. The predicted octanol–water partition coefficient (Wildman–Crippen LogP) is 0.771. The third-order valence-electron chi connectivity index (χ3n) is 2.93. The van der Waals surface area contributed by atoms with Gasteiger partial charge < -0.3 is 10.4 Å². The van der Waals surface area contributed by atoms with Crippen LogP contribution in [0.2, 0.25) is 0 Å². The van der Waals surface area contributed by atoms with Gasteiger partial charge in [0.1, 0.15) is 6.04 Å². The first kappa shape index (κ1) is 15.1. The smallest absolute Gasteiger partial charge is 0.303 e. The van der Waals surface area contributed by atoms with Gasteiger partial charge in [0.2, 0.25) is 5.91 Å². The van der Waals surface area contributed by atoms with Crippen LogP contribution in [0.1, 0.15) is 45.3 Å². The largest absolute Gasteiger partial charge is 0.481 e.